The SMILES string of the molecule is C=C(OC)[C@@]1(O)[C@@H](C)C[C@H]2[C@@H]3CCC4=CC(=O)C=C[C@]4(C)C3=CC[C@@]21C. The van der Waals surface area contributed by atoms with Crippen LogP contribution in [0.15, 0.2) is 47.8 Å². The third kappa shape index (κ3) is 1.95. The topological polar surface area (TPSA) is 46.5 Å². The normalized spacial score (nSPS) is 46.7. The van der Waals surface area contributed by atoms with Gasteiger partial charge in [0.2, 0.25) is 0 Å². The molecule has 26 heavy (non-hydrogen) atoms. The van der Waals surface area contributed by atoms with Crippen molar-refractivity contribution < 1.29 is 14.6 Å². The molecule has 0 bridgehead atoms. The predicted molar refractivity (Wildman–Crippen MR) is 102 cm³/mol. The van der Waals surface area contributed by atoms with Crippen LogP contribution in [0, 0.1) is 28.6 Å². The van der Waals surface area contributed by atoms with E-state index >= 15 is 0 Å². The van der Waals surface area contributed by atoms with E-state index in [0.717, 1.165) is 25.7 Å². The summed E-state index contributed by atoms with van der Waals surface area (Å²) in [7, 11) is 1.61. The lowest BCUT2D eigenvalue weighted by Crippen LogP contribution is -2.53. The van der Waals surface area contributed by atoms with Crippen LogP contribution >= 0.6 is 0 Å². The number of carbonyl (C=O) groups excluding carboxylic acids is 1. The van der Waals surface area contributed by atoms with E-state index in [2.05, 4.69) is 39.5 Å². The van der Waals surface area contributed by atoms with E-state index in [1.165, 1.54) is 11.1 Å². The number of hydrogen-bond acceptors (Lipinski definition) is 3. The maximum absolute atomic E-state index is 11.9. The van der Waals surface area contributed by atoms with Crippen molar-refractivity contribution in [3.8, 4) is 0 Å². The summed E-state index contributed by atoms with van der Waals surface area (Å²) in [5, 5.41) is 11.7. The van der Waals surface area contributed by atoms with Gasteiger partial charge in [-0.1, -0.05) is 43.7 Å². The minimum absolute atomic E-state index is 0.109. The summed E-state index contributed by atoms with van der Waals surface area (Å²) in [5.41, 5.74) is 1.29. The number of ether oxygens (including phenoxy) is 1. The summed E-state index contributed by atoms with van der Waals surface area (Å²) < 4.78 is 5.45. The van der Waals surface area contributed by atoms with Gasteiger partial charge in [-0.15, -0.1) is 0 Å². The van der Waals surface area contributed by atoms with Gasteiger partial charge in [0.15, 0.2) is 5.78 Å². The minimum atomic E-state index is -0.996. The Hall–Kier alpha value is -1.61. The third-order valence-electron chi connectivity index (χ3n) is 8.20. The number of hydrogen-bond donors (Lipinski definition) is 1. The second-order valence-electron chi connectivity index (χ2n) is 9.17. The van der Waals surface area contributed by atoms with Crippen LogP contribution in [0.3, 0.4) is 0 Å². The van der Waals surface area contributed by atoms with Crippen LogP contribution in [0.1, 0.15) is 46.5 Å². The molecule has 3 heteroatoms. The molecule has 0 aromatic heterocycles. The fraction of sp³-hybridized carbons (Fsp3) is 0.609. The first-order valence-corrected chi connectivity index (χ1v) is 9.79. The Morgan fingerprint density at radius 3 is 2.81 bits per heavy atom. The zero-order chi connectivity index (χ0) is 18.9. The number of methoxy groups -OCH3 is 1. The largest absolute Gasteiger partial charge is 0.499 e. The molecule has 6 atom stereocenters. The van der Waals surface area contributed by atoms with Gasteiger partial charge in [0.05, 0.1) is 7.11 Å². The van der Waals surface area contributed by atoms with E-state index in [0.29, 0.717) is 17.6 Å². The monoisotopic (exact) mass is 354 g/mol. The first kappa shape index (κ1) is 17.8. The highest BCUT2D eigenvalue weighted by Gasteiger charge is 2.66. The minimum Gasteiger partial charge on any atom is -0.499 e. The van der Waals surface area contributed by atoms with Gasteiger partial charge in [-0.05, 0) is 62.5 Å². The molecule has 2 fully saturated rings. The highest BCUT2D eigenvalue weighted by atomic mass is 16.5. The number of ketones is 1. The lowest BCUT2D eigenvalue weighted by molar-refractivity contribution is -0.110. The molecular formula is C23H30O3. The van der Waals surface area contributed by atoms with Crippen LogP contribution in [0.2, 0.25) is 0 Å². The lowest BCUT2D eigenvalue weighted by atomic mass is 9.51. The quantitative estimate of drug-likeness (QED) is 0.592. The van der Waals surface area contributed by atoms with Crippen LogP contribution < -0.4 is 0 Å². The fourth-order valence-corrected chi connectivity index (χ4v) is 6.62. The number of allylic oxidation sites excluding steroid dienone is 6. The van der Waals surface area contributed by atoms with Crippen molar-refractivity contribution in [1.29, 1.82) is 0 Å². The van der Waals surface area contributed by atoms with Crippen LogP contribution in [0.4, 0.5) is 0 Å². The molecule has 0 saturated heterocycles. The summed E-state index contributed by atoms with van der Waals surface area (Å²) in [6.07, 6.45) is 11.8. The van der Waals surface area contributed by atoms with E-state index in [-0.39, 0.29) is 22.5 Å². The standard InChI is InChI=1S/C23H30O3/c1-14-12-20-18-7-6-16-13-17(24)8-10-21(16,3)19(18)9-11-22(20,4)23(14,25)15(2)26-5/h8-10,13-14,18,20,25H,2,6-7,11-12H2,1,3-5H3/t14-,18+,20-,21-,22-,23-/m0/s1. The van der Waals surface area contributed by atoms with E-state index in [4.69, 9.17) is 4.74 Å². The van der Waals surface area contributed by atoms with Crippen LogP contribution in [-0.2, 0) is 9.53 Å². The Morgan fingerprint density at radius 2 is 2.12 bits per heavy atom. The van der Waals surface area contributed by atoms with Crippen LogP contribution in [0.5, 0.6) is 0 Å². The van der Waals surface area contributed by atoms with Crippen molar-refractivity contribution in [2.45, 2.75) is 52.1 Å². The number of fused-ring (bicyclic) bond motifs is 5. The van der Waals surface area contributed by atoms with Crippen molar-refractivity contribution >= 4 is 5.78 Å². The summed E-state index contributed by atoms with van der Waals surface area (Å²) >= 11 is 0. The van der Waals surface area contributed by atoms with Crippen molar-refractivity contribution in [2.24, 2.45) is 28.6 Å². The van der Waals surface area contributed by atoms with Crippen molar-refractivity contribution in [3.63, 3.8) is 0 Å². The van der Waals surface area contributed by atoms with Gasteiger partial charge in [0, 0.05) is 10.8 Å². The van der Waals surface area contributed by atoms with E-state index in [1.54, 1.807) is 13.2 Å². The first-order chi connectivity index (χ1) is 12.2. The Bertz CT molecular complexity index is 772. The van der Waals surface area contributed by atoms with Gasteiger partial charge < -0.3 is 9.84 Å². The van der Waals surface area contributed by atoms with Gasteiger partial charge in [-0.3, -0.25) is 4.79 Å². The van der Waals surface area contributed by atoms with Gasteiger partial charge >= 0.3 is 0 Å². The summed E-state index contributed by atoms with van der Waals surface area (Å²) in [5.74, 6) is 1.56. The third-order valence-corrected chi connectivity index (χ3v) is 8.20. The maximum atomic E-state index is 11.9. The predicted octanol–water partition coefficient (Wildman–Crippen LogP) is 4.35. The van der Waals surface area contributed by atoms with Gasteiger partial charge in [-0.2, -0.15) is 0 Å². The summed E-state index contributed by atoms with van der Waals surface area (Å²) in [4.78, 5) is 11.9. The van der Waals surface area contributed by atoms with Gasteiger partial charge in [0.1, 0.15) is 11.4 Å². The molecule has 0 aliphatic heterocycles. The average molecular weight is 354 g/mol. The maximum Gasteiger partial charge on any atom is 0.178 e. The molecule has 4 aliphatic carbocycles. The average Bonchev–Trinajstić information content (AvgIpc) is 2.83. The Kier molecular flexibility index (Phi) is 3.73. The molecule has 3 nitrogen and oxygen atoms in total. The zero-order valence-electron chi connectivity index (χ0n) is 16.3. The Balaban J connectivity index is 1.79. The Morgan fingerprint density at radius 1 is 1.38 bits per heavy atom. The highest BCUT2D eigenvalue weighted by Crippen LogP contribution is 2.67. The molecule has 4 aliphatic rings. The van der Waals surface area contributed by atoms with Crippen molar-refractivity contribution in [2.75, 3.05) is 7.11 Å². The van der Waals surface area contributed by atoms with E-state index in [9.17, 15) is 9.90 Å². The number of aliphatic hydroxyl groups is 1. The van der Waals surface area contributed by atoms with Gasteiger partial charge in [0.25, 0.3) is 0 Å². The molecule has 0 unspecified atom stereocenters. The molecule has 0 heterocycles. The first-order valence-electron chi connectivity index (χ1n) is 9.79. The number of carbonyl (C=O) groups is 1. The van der Waals surface area contributed by atoms with E-state index < -0.39 is 5.60 Å². The van der Waals surface area contributed by atoms with Gasteiger partial charge in [-0.25, -0.2) is 0 Å². The molecule has 0 amide bonds. The van der Waals surface area contributed by atoms with Crippen LogP contribution in [-0.4, -0.2) is 23.6 Å². The molecule has 2 saturated carbocycles. The highest BCUT2D eigenvalue weighted by molar-refractivity contribution is 6.01. The van der Waals surface area contributed by atoms with Crippen molar-refractivity contribution in [1.82, 2.24) is 0 Å². The zero-order valence-corrected chi connectivity index (χ0v) is 16.3. The summed E-state index contributed by atoms with van der Waals surface area (Å²) in [6.45, 7) is 10.6. The molecule has 140 valence electrons. The molecule has 0 spiro atoms. The lowest BCUT2D eigenvalue weighted by Gasteiger charge is -2.54. The molecular weight excluding hydrogens is 324 g/mol. The second kappa shape index (κ2) is 5.45. The van der Waals surface area contributed by atoms with Crippen LogP contribution in [0.25, 0.3) is 0 Å². The smallest absolute Gasteiger partial charge is 0.178 e. The molecule has 4 rings (SSSR count). The number of rotatable bonds is 2. The second-order valence-corrected chi connectivity index (χ2v) is 9.17. The summed E-state index contributed by atoms with van der Waals surface area (Å²) in [6, 6.07) is 0. The molecule has 0 aromatic carbocycles. The van der Waals surface area contributed by atoms with Crippen molar-refractivity contribution in [3.05, 3.63) is 47.8 Å². The molecule has 0 radical (unpaired) electrons. The van der Waals surface area contributed by atoms with E-state index in [1.807, 2.05) is 6.08 Å². The molecule has 1 N–H and O–H groups in total. The molecule has 0 aromatic rings. The Labute approximate surface area is 156 Å². The fourth-order valence-electron chi connectivity index (χ4n) is 6.62.